The van der Waals surface area contributed by atoms with Gasteiger partial charge in [-0.25, -0.2) is 9.59 Å². The third-order valence-electron chi connectivity index (χ3n) is 4.14. The Hall–Kier alpha value is -3.68. The Labute approximate surface area is 159 Å². The van der Waals surface area contributed by atoms with E-state index >= 15 is 0 Å². The fourth-order valence-corrected chi connectivity index (χ4v) is 2.81. The maximum Gasteiger partial charge on any atom is 0.374 e. The fraction of sp³-hybridized carbons (Fsp3) is 0.200. The lowest BCUT2D eigenvalue weighted by Gasteiger charge is -2.07. The number of nitrogens with zero attached hydrogens (tertiary/aromatic N) is 1. The number of hydrogen-bond acceptors (Lipinski definition) is 7. The van der Waals surface area contributed by atoms with E-state index in [1.54, 1.807) is 31.2 Å². The molecule has 0 N–H and O–H groups in total. The number of ether oxygens (including phenoxy) is 2. The van der Waals surface area contributed by atoms with Gasteiger partial charge in [-0.15, -0.1) is 0 Å². The fourth-order valence-electron chi connectivity index (χ4n) is 2.81. The Morgan fingerprint density at radius 2 is 1.86 bits per heavy atom. The summed E-state index contributed by atoms with van der Waals surface area (Å²) in [6.45, 7) is 3.19. The summed E-state index contributed by atoms with van der Waals surface area (Å²) in [7, 11) is 0. The van der Waals surface area contributed by atoms with Crippen molar-refractivity contribution in [2.24, 2.45) is 0 Å². The minimum atomic E-state index is -0.668. The number of aryl methyl sites for hydroxylation is 1. The van der Waals surface area contributed by atoms with Crippen LogP contribution >= 0.6 is 0 Å². The van der Waals surface area contributed by atoms with E-state index in [9.17, 15) is 19.7 Å². The van der Waals surface area contributed by atoms with Crippen molar-refractivity contribution in [1.82, 2.24) is 0 Å². The Morgan fingerprint density at radius 1 is 1.11 bits per heavy atom. The van der Waals surface area contributed by atoms with Crippen molar-refractivity contribution < 1.29 is 28.4 Å². The summed E-state index contributed by atoms with van der Waals surface area (Å²) >= 11 is 0. The molecule has 1 heterocycles. The molecule has 8 heteroatoms. The van der Waals surface area contributed by atoms with E-state index in [1.807, 2.05) is 0 Å². The topological polar surface area (TPSA) is 109 Å². The monoisotopic (exact) mass is 383 g/mol. The lowest BCUT2D eigenvalue weighted by Crippen LogP contribution is -2.10. The van der Waals surface area contributed by atoms with Gasteiger partial charge in [0.2, 0.25) is 5.76 Å². The molecule has 8 nitrogen and oxygen atoms in total. The molecule has 0 saturated heterocycles. The quantitative estimate of drug-likeness (QED) is 0.357. The second-order valence-corrected chi connectivity index (χ2v) is 5.96. The second-order valence-electron chi connectivity index (χ2n) is 5.96. The molecule has 0 spiro atoms. The number of esters is 2. The minimum absolute atomic E-state index is 0.0178. The summed E-state index contributed by atoms with van der Waals surface area (Å²) in [5.41, 5.74) is 1.32. The summed E-state index contributed by atoms with van der Waals surface area (Å²) < 4.78 is 15.9. The first kappa shape index (κ1) is 19.1. The van der Waals surface area contributed by atoms with Gasteiger partial charge in [0, 0.05) is 17.0 Å². The molecule has 0 fully saturated rings. The van der Waals surface area contributed by atoms with Crippen LogP contribution in [0.5, 0.6) is 0 Å². The van der Waals surface area contributed by atoms with Crippen molar-refractivity contribution in [2.45, 2.75) is 20.5 Å². The Kier molecular flexibility index (Phi) is 5.39. The van der Waals surface area contributed by atoms with Gasteiger partial charge in [0.05, 0.1) is 22.7 Å². The van der Waals surface area contributed by atoms with Crippen LogP contribution in [-0.4, -0.2) is 23.5 Å². The van der Waals surface area contributed by atoms with E-state index in [1.165, 1.54) is 25.1 Å². The Morgan fingerprint density at radius 3 is 2.54 bits per heavy atom. The van der Waals surface area contributed by atoms with Crippen molar-refractivity contribution >= 4 is 28.6 Å². The summed E-state index contributed by atoms with van der Waals surface area (Å²) in [4.78, 5) is 34.9. The first-order valence-corrected chi connectivity index (χ1v) is 8.52. The predicted molar refractivity (Wildman–Crippen MR) is 99.1 cm³/mol. The third-order valence-corrected chi connectivity index (χ3v) is 4.14. The molecule has 144 valence electrons. The van der Waals surface area contributed by atoms with Crippen LogP contribution in [0.3, 0.4) is 0 Å². The predicted octanol–water partition coefficient (Wildman–Crippen LogP) is 4.18. The Bertz CT molecular complexity index is 1070. The lowest BCUT2D eigenvalue weighted by atomic mass is 10.1. The number of carbonyl (C=O) groups excluding carboxylic acids is 2. The molecule has 3 rings (SSSR count). The normalized spacial score (nSPS) is 10.6. The molecule has 28 heavy (non-hydrogen) atoms. The highest BCUT2D eigenvalue weighted by atomic mass is 16.6. The summed E-state index contributed by atoms with van der Waals surface area (Å²) in [5, 5.41) is 11.5. The van der Waals surface area contributed by atoms with Crippen LogP contribution in [0.4, 0.5) is 5.69 Å². The van der Waals surface area contributed by atoms with Gasteiger partial charge in [0.25, 0.3) is 5.69 Å². The zero-order valence-corrected chi connectivity index (χ0v) is 15.3. The van der Waals surface area contributed by atoms with Crippen molar-refractivity contribution in [3.05, 3.63) is 75.0 Å². The van der Waals surface area contributed by atoms with E-state index in [0.717, 1.165) is 0 Å². The van der Waals surface area contributed by atoms with Crippen molar-refractivity contribution in [1.29, 1.82) is 0 Å². The molecule has 0 saturated carbocycles. The van der Waals surface area contributed by atoms with Gasteiger partial charge < -0.3 is 13.9 Å². The molecule has 0 radical (unpaired) electrons. The van der Waals surface area contributed by atoms with Gasteiger partial charge in [-0.05, 0) is 32.0 Å². The van der Waals surface area contributed by atoms with E-state index in [2.05, 4.69) is 0 Å². The number of hydrogen-bond donors (Lipinski definition) is 0. The van der Waals surface area contributed by atoms with Gasteiger partial charge in [0.1, 0.15) is 12.2 Å². The molecule has 0 bridgehead atoms. The van der Waals surface area contributed by atoms with Gasteiger partial charge in [-0.3, -0.25) is 10.1 Å². The van der Waals surface area contributed by atoms with Crippen molar-refractivity contribution in [3.63, 3.8) is 0 Å². The zero-order chi connectivity index (χ0) is 20.3. The number of furan rings is 1. The van der Waals surface area contributed by atoms with E-state index in [4.69, 9.17) is 13.9 Å². The third kappa shape index (κ3) is 3.71. The average molecular weight is 383 g/mol. The number of para-hydroxylation sites is 1. The molecule has 0 aliphatic carbocycles. The summed E-state index contributed by atoms with van der Waals surface area (Å²) in [6, 6.07) is 11.0. The molecule has 0 atom stereocenters. The first-order valence-electron chi connectivity index (χ1n) is 8.52. The van der Waals surface area contributed by atoms with Crippen molar-refractivity contribution in [3.8, 4) is 0 Å². The lowest BCUT2D eigenvalue weighted by molar-refractivity contribution is -0.385. The van der Waals surface area contributed by atoms with Gasteiger partial charge in [0.15, 0.2) is 0 Å². The molecule has 0 aliphatic rings. The Balaban J connectivity index is 1.86. The van der Waals surface area contributed by atoms with Crippen molar-refractivity contribution in [2.75, 3.05) is 6.61 Å². The molecule has 0 aliphatic heterocycles. The van der Waals surface area contributed by atoms with Crippen LogP contribution in [-0.2, 0) is 16.1 Å². The minimum Gasteiger partial charge on any atom is -0.460 e. The molecule has 0 unspecified atom stereocenters. The summed E-state index contributed by atoms with van der Waals surface area (Å²) in [6.07, 6.45) is 0. The molecule has 3 aromatic rings. The maximum absolute atomic E-state index is 12.4. The molecular weight excluding hydrogens is 366 g/mol. The molecule has 1 aromatic heterocycles. The van der Waals surface area contributed by atoms with Gasteiger partial charge in [-0.1, -0.05) is 18.2 Å². The molecule has 0 amide bonds. The highest BCUT2D eigenvalue weighted by molar-refractivity contribution is 5.96. The smallest absolute Gasteiger partial charge is 0.374 e. The highest BCUT2D eigenvalue weighted by Crippen LogP contribution is 2.28. The van der Waals surface area contributed by atoms with E-state index in [0.29, 0.717) is 22.1 Å². The van der Waals surface area contributed by atoms with Crippen LogP contribution in [0.1, 0.15) is 39.0 Å². The number of fused-ring (bicyclic) bond motifs is 1. The molecule has 2 aromatic carbocycles. The van der Waals surface area contributed by atoms with E-state index in [-0.39, 0.29) is 30.2 Å². The first-order chi connectivity index (χ1) is 13.4. The van der Waals surface area contributed by atoms with Crippen LogP contribution < -0.4 is 0 Å². The average Bonchev–Trinajstić information content (AvgIpc) is 3.04. The second kappa shape index (κ2) is 7.91. The highest BCUT2D eigenvalue weighted by Gasteiger charge is 2.23. The maximum atomic E-state index is 12.4. The van der Waals surface area contributed by atoms with Gasteiger partial charge >= 0.3 is 11.9 Å². The number of nitro benzene ring substituents is 1. The van der Waals surface area contributed by atoms with Gasteiger partial charge in [-0.2, -0.15) is 0 Å². The number of nitro groups is 1. The SMILES string of the molecule is CCOC(=O)c1oc2ccccc2c1COC(=O)c1ccc([N+](=O)[O-])c(C)c1. The standard InChI is InChI=1S/C20H17NO7/c1-3-26-20(23)18-15(14-6-4-5-7-17(14)28-18)11-27-19(22)13-8-9-16(21(24)25)12(2)10-13/h4-10H,3,11H2,1-2H3. The van der Waals surface area contributed by atoms with Crippen LogP contribution in [0.2, 0.25) is 0 Å². The number of carbonyl (C=O) groups is 2. The largest absolute Gasteiger partial charge is 0.460 e. The summed E-state index contributed by atoms with van der Waals surface area (Å²) in [5.74, 6) is -1.33. The molecular formula is C20H17NO7. The van der Waals surface area contributed by atoms with Crippen LogP contribution in [0, 0.1) is 17.0 Å². The van der Waals surface area contributed by atoms with Crippen LogP contribution in [0.25, 0.3) is 11.0 Å². The zero-order valence-electron chi connectivity index (χ0n) is 15.3. The number of rotatable bonds is 6. The number of benzene rings is 2. The van der Waals surface area contributed by atoms with Crippen LogP contribution in [0.15, 0.2) is 46.9 Å². The van der Waals surface area contributed by atoms with E-state index < -0.39 is 16.9 Å².